The zero-order valence-electron chi connectivity index (χ0n) is 20.3. The maximum atomic E-state index is 12.9. The van der Waals surface area contributed by atoms with Gasteiger partial charge in [0.2, 0.25) is 11.9 Å². The third kappa shape index (κ3) is 5.55. The van der Waals surface area contributed by atoms with Crippen molar-refractivity contribution in [2.24, 2.45) is 0 Å². The highest BCUT2D eigenvalue weighted by molar-refractivity contribution is 5.77. The molecule has 0 spiro atoms. The summed E-state index contributed by atoms with van der Waals surface area (Å²) < 4.78 is 7.04. The van der Waals surface area contributed by atoms with Crippen molar-refractivity contribution in [3.63, 3.8) is 0 Å². The highest BCUT2D eigenvalue weighted by Gasteiger charge is 2.28. The first-order valence-electron chi connectivity index (χ1n) is 12.1. The van der Waals surface area contributed by atoms with Gasteiger partial charge in [-0.3, -0.25) is 9.36 Å². The molecule has 1 amide bonds. The largest absolute Gasteiger partial charge is 0.497 e. The fourth-order valence-corrected chi connectivity index (χ4v) is 4.63. The van der Waals surface area contributed by atoms with Crippen LogP contribution in [-0.2, 0) is 17.6 Å². The number of hydrogen-bond acceptors (Lipinski definition) is 6. The van der Waals surface area contributed by atoms with Gasteiger partial charge in [0.15, 0.2) is 0 Å². The number of nitrogens with one attached hydrogen (secondary N) is 1. The van der Waals surface area contributed by atoms with Gasteiger partial charge in [-0.15, -0.1) is 0 Å². The van der Waals surface area contributed by atoms with E-state index in [1.165, 1.54) is 5.56 Å². The average Bonchev–Trinajstić information content (AvgIpc) is 3.39. The number of carbonyl (C=O) groups is 1. The molecule has 8 nitrogen and oxygen atoms in total. The fraction of sp³-hybridized carbons (Fsp3) is 0.462. The summed E-state index contributed by atoms with van der Waals surface area (Å²) in [4.78, 5) is 29.0. The molecule has 0 bridgehead atoms. The van der Waals surface area contributed by atoms with Gasteiger partial charge in [0.1, 0.15) is 17.9 Å². The van der Waals surface area contributed by atoms with Crippen LogP contribution in [0.25, 0.3) is 5.95 Å². The zero-order valence-corrected chi connectivity index (χ0v) is 20.3. The summed E-state index contributed by atoms with van der Waals surface area (Å²) >= 11 is 0. The molecule has 34 heavy (non-hydrogen) atoms. The number of imidazole rings is 1. The third-order valence-corrected chi connectivity index (χ3v) is 6.48. The molecule has 180 valence electrons. The van der Waals surface area contributed by atoms with Crippen LogP contribution in [-0.4, -0.2) is 51.7 Å². The minimum Gasteiger partial charge on any atom is -0.497 e. The van der Waals surface area contributed by atoms with Gasteiger partial charge in [-0.25, -0.2) is 9.97 Å². The van der Waals surface area contributed by atoms with Gasteiger partial charge in [-0.05, 0) is 56.7 Å². The summed E-state index contributed by atoms with van der Waals surface area (Å²) in [5.41, 5.74) is 3.30. The summed E-state index contributed by atoms with van der Waals surface area (Å²) in [5.74, 6) is 2.50. The van der Waals surface area contributed by atoms with Crippen molar-refractivity contribution in [2.45, 2.75) is 58.4 Å². The average molecular weight is 463 g/mol. The van der Waals surface area contributed by atoms with Crippen LogP contribution in [0.3, 0.4) is 0 Å². The molecule has 1 aliphatic heterocycles. The fourth-order valence-electron chi connectivity index (χ4n) is 4.63. The van der Waals surface area contributed by atoms with Crippen molar-refractivity contribution in [1.29, 1.82) is 0 Å². The number of rotatable bonds is 9. The van der Waals surface area contributed by atoms with E-state index in [2.05, 4.69) is 22.1 Å². The monoisotopic (exact) mass is 462 g/mol. The minimum absolute atomic E-state index is 0.0871. The molecule has 1 aromatic carbocycles. The summed E-state index contributed by atoms with van der Waals surface area (Å²) in [7, 11) is 1.66. The minimum atomic E-state index is 0.0871. The van der Waals surface area contributed by atoms with Crippen LogP contribution in [0.2, 0.25) is 0 Å². The number of methoxy groups -OCH3 is 1. The SMILES string of the molecule is CCc1c(C)nc(-n2ccnc2)nc1N1CCCCC1CC(=O)NCCc1ccc(OC)cc1. The van der Waals surface area contributed by atoms with Crippen LogP contribution in [0, 0.1) is 6.92 Å². The Kier molecular flexibility index (Phi) is 7.77. The second-order valence-electron chi connectivity index (χ2n) is 8.73. The second-order valence-corrected chi connectivity index (χ2v) is 8.73. The van der Waals surface area contributed by atoms with Gasteiger partial charge in [-0.2, -0.15) is 4.98 Å². The Morgan fingerprint density at radius 1 is 1.21 bits per heavy atom. The number of nitrogens with zero attached hydrogens (tertiary/aromatic N) is 5. The molecule has 0 aliphatic carbocycles. The molecular weight excluding hydrogens is 428 g/mol. The van der Waals surface area contributed by atoms with Gasteiger partial charge in [0, 0.05) is 49.2 Å². The predicted molar refractivity (Wildman–Crippen MR) is 133 cm³/mol. The first-order valence-corrected chi connectivity index (χ1v) is 12.1. The van der Waals surface area contributed by atoms with Gasteiger partial charge in [-0.1, -0.05) is 19.1 Å². The zero-order chi connectivity index (χ0) is 23.9. The Bertz CT molecular complexity index is 1080. The van der Waals surface area contributed by atoms with E-state index in [9.17, 15) is 4.79 Å². The number of piperidine rings is 1. The molecule has 0 radical (unpaired) electrons. The lowest BCUT2D eigenvalue weighted by atomic mass is 9.97. The predicted octanol–water partition coefficient (Wildman–Crippen LogP) is 3.65. The standard InChI is InChI=1S/C26H34N6O2/c1-4-23-19(2)29-26(31-16-14-27-18-31)30-25(23)32-15-6-5-7-21(32)17-24(33)28-13-12-20-8-10-22(34-3)11-9-20/h8-11,14,16,18,21H,4-7,12-13,15,17H2,1-3H3,(H,28,33). The quantitative estimate of drug-likeness (QED) is 0.523. The van der Waals surface area contributed by atoms with E-state index in [-0.39, 0.29) is 11.9 Å². The van der Waals surface area contributed by atoms with Crippen molar-refractivity contribution >= 4 is 11.7 Å². The van der Waals surface area contributed by atoms with Crippen LogP contribution in [0.4, 0.5) is 5.82 Å². The van der Waals surface area contributed by atoms with E-state index in [4.69, 9.17) is 14.7 Å². The van der Waals surface area contributed by atoms with Crippen molar-refractivity contribution in [3.8, 4) is 11.7 Å². The molecule has 1 aliphatic rings. The molecule has 8 heteroatoms. The molecular formula is C26H34N6O2. The topological polar surface area (TPSA) is 85.2 Å². The van der Waals surface area contributed by atoms with Crippen molar-refractivity contribution in [1.82, 2.24) is 24.8 Å². The normalized spacial score (nSPS) is 15.9. The third-order valence-electron chi connectivity index (χ3n) is 6.48. The summed E-state index contributed by atoms with van der Waals surface area (Å²) in [6, 6.07) is 8.10. The molecule has 4 rings (SSSR count). The van der Waals surface area contributed by atoms with Crippen LogP contribution >= 0.6 is 0 Å². The van der Waals surface area contributed by atoms with Gasteiger partial charge in [0.25, 0.3) is 0 Å². The highest BCUT2D eigenvalue weighted by atomic mass is 16.5. The Balaban J connectivity index is 1.44. The number of aryl methyl sites for hydroxylation is 1. The molecule has 1 N–H and O–H groups in total. The van der Waals surface area contributed by atoms with E-state index in [0.717, 1.165) is 61.5 Å². The molecule has 1 fully saturated rings. The number of aromatic nitrogens is 4. The van der Waals surface area contributed by atoms with Gasteiger partial charge >= 0.3 is 0 Å². The van der Waals surface area contributed by atoms with E-state index in [1.807, 2.05) is 42.0 Å². The molecule has 1 saturated heterocycles. The number of carbonyl (C=O) groups excluding carboxylic acids is 1. The lowest BCUT2D eigenvalue weighted by Crippen LogP contribution is -2.44. The maximum absolute atomic E-state index is 12.9. The molecule has 2 aromatic heterocycles. The first-order chi connectivity index (χ1) is 16.6. The first kappa shape index (κ1) is 23.7. The smallest absolute Gasteiger partial charge is 0.237 e. The highest BCUT2D eigenvalue weighted by Crippen LogP contribution is 2.30. The van der Waals surface area contributed by atoms with Crippen molar-refractivity contribution < 1.29 is 9.53 Å². The summed E-state index contributed by atoms with van der Waals surface area (Å²) in [6.45, 7) is 5.69. The number of amides is 1. The van der Waals surface area contributed by atoms with Gasteiger partial charge < -0.3 is 15.0 Å². The Morgan fingerprint density at radius 2 is 2.03 bits per heavy atom. The van der Waals surface area contributed by atoms with Crippen molar-refractivity contribution in [2.75, 3.05) is 25.1 Å². The van der Waals surface area contributed by atoms with E-state index >= 15 is 0 Å². The number of anilines is 1. The maximum Gasteiger partial charge on any atom is 0.237 e. The Hall–Kier alpha value is -3.42. The Morgan fingerprint density at radius 3 is 2.74 bits per heavy atom. The van der Waals surface area contributed by atoms with Crippen LogP contribution in [0.5, 0.6) is 5.75 Å². The van der Waals surface area contributed by atoms with Crippen LogP contribution < -0.4 is 15.0 Å². The Labute approximate surface area is 201 Å². The summed E-state index contributed by atoms with van der Waals surface area (Å²) in [6.07, 6.45) is 10.6. The van der Waals surface area contributed by atoms with Crippen LogP contribution in [0.15, 0.2) is 43.0 Å². The van der Waals surface area contributed by atoms with E-state index in [1.54, 1.807) is 19.6 Å². The molecule has 1 unspecified atom stereocenters. The van der Waals surface area contributed by atoms with Crippen LogP contribution in [0.1, 0.15) is 49.4 Å². The number of hydrogen-bond donors (Lipinski definition) is 1. The number of benzene rings is 1. The van der Waals surface area contributed by atoms with Crippen molar-refractivity contribution in [3.05, 3.63) is 59.8 Å². The number of ether oxygens (including phenoxy) is 1. The lowest BCUT2D eigenvalue weighted by molar-refractivity contribution is -0.121. The van der Waals surface area contributed by atoms with Gasteiger partial charge in [0.05, 0.1) is 7.11 Å². The molecule has 0 saturated carbocycles. The summed E-state index contributed by atoms with van der Waals surface area (Å²) in [5, 5.41) is 3.11. The molecule has 1 atom stereocenters. The second kappa shape index (κ2) is 11.1. The van der Waals surface area contributed by atoms with E-state index < -0.39 is 0 Å². The molecule has 3 aromatic rings. The lowest BCUT2D eigenvalue weighted by Gasteiger charge is -2.37. The van der Waals surface area contributed by atoms with E-state index in [0.29, 0.717) is 18.9 Å². The molecule has 3 heterocycles.